The lowest BCUT2D eigenvalue weighted by Gasteiger charge is -2.38. The van der Waals surface area contributed by atoms with Gasteiger partial charge in [-0.2, -0.15) is 0 Å². The largest absolute Gasteiger partial charge is 0.389 e. The molecule has 5 nitrogen and oxygen atoms in total. The molecular formula is C7H13NO4. The van der Waals surface area contributed by atoms with Crippen LogP contribution in [0.25, 0.3) is 0 Å². The quantitative estimate of drug-likeness (QED) is 0.387. The highest BCUT2D eigenvalue weighted by atomic mass is 16.5. The van der Waals surface area contributed by atoms with Crippen molar-refractivity contribution in [2.75, 3.05) is 19.7 Å². The van der Waals surface area contributed by atoms with Gasteiger partial charge in [-0.05, 0) is 0 Å². The summed E-state index contributed by atoms with van der Waals surface area (Å²) in [6.07, 6.45) is -3.36. The van der Waals surface area contributed by atoms with E-state index in [2.05, 4.69) is 0 Å². The SMILES string of the molecule is O[C@@H]1[C@@H](O)[C@@H]2OCCN2C[C@H]1O. The summed E-state index contributed by atoms with van der Waals surface area (Å²) in [5.74, 6) is 0. The second-order valence-corrected chi connectivity index (χ2v) is 3.30. The van der Waals surface area contributed by atoms with Gasteiger partial charge in [-0.3, -0.25) is 4.90 Å². The Labute approximate surface area is 70.2 Å². The first-order chi connectivity index (χ1) is 5.70. The zero-order chi connectivity index (χ0) is 8.72. The minimum atomic E-state index is -1.08. The van der Waals surface area contributed by atoms with Gasteiger partial charge in [-0.25, -0.2) is 0 Å². The van der Waals surface area contributed by atoms with Gasteiger partial charge < -0.3 is 20.1 Å². The molecule has 2 rings (SSSR count). The predicted octanol–water partition coefficient (Wildman–Crippen LogP) is -2.26. The molecule has 5 heteroatoms. The van der Waals surface area contributed by atoms with E-state index in [0.717, 1.165) is 0 Å². The highest BCUT2D eigenvalue weighted by molar-refractivity contribution is 4.92. The third-order valence-corrected chi connectivity index (χ3v) is 2.48. The Balaban J connectivity index is 2.10. The molecule has 2 fully saturated rings. The lowest BCUT2D eigenvalue weighted by molar-refractivity contribution is -0.178. The van der Waals surface area contributed by atoms with E-state index < -0.39 is 24.5 Å². The first-order valence-corrected chi connectivity index (χ1v) is 4.10. The first-order valence-electron chi connectivity index (χ1n) is 4.10. The average molecular weight is 175 g/mol. The third kappa shape index (κ3) is 1.14. The molecule has 0 aromatic rings. The maximum atomic E-state index is 9.44. The van der Waals surface area contributed by atoms with Crippen molar-refractivity contribution in [1.29, 1.82) is 0 Å². The molecule has 2 aliphatic heterocycles. The Morgan fingerprint density at radius 2 is 1.92 bits per heavy atom. The van der Waals surface area contributed by atoms with Gasteiger partial charge in [0.1, 0.15) is 18.4 Å². The van der Waals surface area contributed by atoms with Crippen molar-refractivity contribution in [2.24, 2.45) is 0 Å². The van der Waals surface area contributed by atoms with E-state index in [9.17, 15) is 15.3 Å². The second-order valence-electron chi connectivity index (χ2n) is 3.30. The van der Waals surface area contributed by atoms with Crippen LogP contribution in [0.5, 0.6) is 0 Å². The van der Waals surface area contributed by atoms with Crippen LogP contribution in [0, 0.1) is 0 Å². The Kier molecular flexibility index (Phi) is 2.05. The number of piperidine rings is 1. The second kappa shape index (κ2) is 2.93. The summed E-state index contributed by atoms with van der Waals surface area (Å²) in [5.41, 5.74) is 0. The van der Waals surface area contributed by atoms with Gasteiger partial charge in [-0.1, -0.05) is 0 Å². The molecule has 0 aromatic heterocycles. The van der Waals surface area contributed by atoms with Crippen molar-refractivity contribution in [3.63, 3.8) is 0 Å². The number of fused-ring (bicyclic) bond motifs is 1. The molecule has 0 aliphatic carbocycles. The summed E-state index contributed by atoms with van der Waals surface area (Å²) in [7, 11) is 0. The topological polar surface area (TPSA) is 73.2 Å². The summed E-state index contributed by atoms with van der Waals surface area (Å²) in [6.45, 7) is 1.65. The van der Waals surface area contributed by atoms with Gasteiger partial charge in [0.15, 0.2) is 0 Å². The Morgan fingerprint density at radius 3 is 2.67 bits per heavy atom. The zero-order valence-corrected chi connectivity index (χ0v) is 6.63. The molecule has 2 aliphatic rings. The van der Waals surface area contributed by atoms with Gasteiger partial charge in [-0.15, -0.1) is 0 Å². The van der Waals surface area contributed by atoms with E-state index in [4.69, 9.17) is 4.74 Å². The molecule has 0 amide bonds. The van der Waals surface area contributed by atoms with Crippen LogP contribution in [0.1, 0.15) is 0 Å². The van der Waals surface area contributed by atoms with Gasteiger partial charge in [0, 0.05) is 13.1 Å². The highest BCUT2D eigenvalue weighted by Crippen LogP contribution is 2.23. The number of nitrogens with zero attached hydrogens (tertiary/aromatic N) is 1. The summed E-state index contributed by atoms with van der Waals surface area (Å²) < 4.78 is 5.19. The number of hydrogen-bond acceptors (Lipinski definition) is 5. The fourth-order valence-electron chi connectivity index (χ4n) is 1.78. The van der Waals surface area contributed by atoms with Crippen molar-refractivity contribution >= 4 is 0 Å². The van der Waals surface area contributed by atoms with Crippen LogP contribution < -0.4 is 0 Å². The van der Waals surface area contributed by atoms with Crippen LogP contribution >= 0.6 is 0 Å². The van der Waals surface area contributed by atoms with E-state index in [-0.39, 0.29) is 0 Å². The van der Waals surface area contributed by atoms with Crippen LogP contribution in [0.3, 0.4) is 0 Å². The lowest BCUT2D eigenvalue weighted by Crippen LogP contribution is -2.59. The normalized spacial score (nSPS) is 49.2. The summed E-state index contributed by atoms with van der Waals surface area (Å²) in [5, 5.41) is 28.0. The Hall–Kier alpha value is -0.200. The van der Waals surface area contributed by atoms with Crippen molar-refractivity contribution in [3.05, 3.63) is 0 Å². The monoisotopic (exact) mass is 175 g/mol. The van der Waals surface area contributed by atoms with Crippen LogP contribution in [0.2, 0.25) is 0 Å². The predicted molar refractivity (Wildman–Crippen MR) is 39.3 cm³/mol. The molecule has 4 atom stereocenters. The van der Waals surface area contributed by atoms with Gasteiger partial charge in [0.05, 0.1) is 12.7 Å². The number of aliphatic hydroxyl groups excluding tert-OH is 3. The van der Waals surface area contributed by atoms with Crippen molar-refractivity contribution in [3.8, 4) is 0 Å². The molecule has 0 spiro atoms. The Bertz CT molecular complexity index is 177. The molecule has 0 unspecified atom stereocenters. The lowest BCUT2D eigenvalue weighted by atomic mass is 10.0. The molecule has 12 heavy (non-hydrogen) atoms. The van der Waals surface area contributed by atoms with Crippen LogP contribution in [0.15, 0.2) is 0 Å². The minimum Gasteiger partial charge on any atom is -0.389 e. The number of rotatable bonds is 0. The van der Waals surface area contributed by atoms with Crippen molar-refractivity contribution in [2.45, 2.75) is 24.5 Å². The molecule has 0 bridgehead atoms. The number of hydrogen-bond donors (Lipinski definition) is 3. The summed E-state index contributed by atoms with van der Waals surface area (Å²) in [4.78, 5) is 1.84. The third-order valence-electron chi connectivity index (χ3n) is 2.48. The first kappa shape index (κ1) is 8.40. The van der Waals surface area contributed by atoms with Gasteiger partial charge in [0.2, 0.25) is 0 Å². The van der Waals surface area contributed by atoms with Gasteiger partial charge >= 0.3 is 0 Å². The molecule has 2 heterocycles. The van der Waals surface area contributed by atoms with Crippen LogP contribution in [-0.4, -0.2) is 64.5 Å². The van der Waals surface area contributed by atoms with E-state index in [1.54, 1.807) is 0 Å². The van der Waals surface area contributed by atoms with Gasteiger partial charge in [0.25, 0.3) is 0 Å². The molecule has 0 radical (unpaired) electrons. The molecule has 70 valence electrons. The maximum absolute atomic E-state index is 9.44. The maximum Gasteiger partial charge on any atom is 0.139 e. The molecular weight excluding hydrogens is 162 g/mol. The fraction of sp³-hybridized carbons (Fsp3) is 1.00. The molecule has 2 saturated heterocycles. The van der Waals surface area contributed by atoms with Crippen LogP contribution in [-0.2, 0) is 4.74 Å². The molecule has 3 N–H and O–H groups in total. The summed E-state index contributed by atoms with van der Waals surface area (Å²) in [6, 6.07) is 0. The van der Waals surface area contributed by atoms with Crippen molar-refractivity contribution < 1.29 is 20.1 Å². The molecule has 0 saturated carbocycles. The highest BCUT2D eigenvalue weighted by Gasteiger charge is 2.44. The standard InChI is InChI=1S/C7H13NO4/c9-4-3-8-1-2-12-7(8)6(11)5(4)10/h4-7,9-11H,1-3H2/t4-,5+,6-,7+/m1/s1. The number of aliphatic hydroxyl groups is 3. The average Bonchev–Trinajstić information content (AvgIpc) is 2.48. The van der Waals surface area contributed by atoms with E-state index in [1.165, 1.54) is 0 Å². The van der Waals surface area contributed by atoms with E-state index >= 15 is 0 Å². The van der Waals surface area contributed by atoms with E-state index in [1.807, 2.05) is 4.90 Å². The van der Waals surface area contributed by atoms with Crippen molar-refractivity contribution in [1.82, 2.24) is 4.90 Å². The smallest absolute Gasteiger partial charge is 0.139 e. The minimum absolute atomic E-state index is 0.378. The fourth-order valence-corrected chi connectivity index (χ4v) is 1.78. The Morgan fingerprint density at radius 1 is 1.17 bits per heavy atom. The molecule has 0 aromatic carbocycles. The van der Waals surface area contributed by atoms with E-state index in [0.29, 0.717) is 19.7 Å². The number of ether oxygens (including phenoxy) is 1. The summed E-state index contributed by atoms with van der Waals surface area (Å²) >= 11 is 0. The zero-order valence-electron chi connectivity index (χ0n) is 6.63. The van der Waals surface area contributed by atoms with Crippen LogP contribution in [0.4, 0.5) is 0 Å².